The second-order valence-electron chi connectivity index (χ2n) is 4.97. The Balaban J connectivity index is 2.48. The molecule has 1 aliphatic rings. The number of rotatable bonds is 1. The molecular weight excluding hydrogens is 222 g/mol. The Morgan fingerprint density at radius 2 is 1.72 bits per heavy atom. The summed E-state index contributed by atoms with van der Waals surface area (Å²) in [7, 11) is 1.96. The first-order valence-electron chi connectivity index (χ1n) is 6.14. The Morgan fingerprint density at radius 1 is 1.11 bits per heavy atom. The van der Waals surface area contributed by atoms with E-state index in [1.807, 2.05) is 18.1 Å². The maximum atomic E-state index is 7.19. The molecule has 0 N–H and O–H groups in total. The van der Waals surface area contributed by atoms with Crippen LogP contribution in [0.1, 0.15) is 23.6 Å². The molecular formula is C15H19N3. The molecule has 1 atom stereocenters. The molecule has 0 bridgehead atoms. The average molecular weight is 241 g/mol. The Bertz CT molecular complexity index is 552. The number of benzene rings is 1. The van der Waals surface area contributed by atoms with Crippen molar-refractivity contribution in [3.8, 4) is 0 Å². The van der Waals surface area contributed by atoms with Gasteiger partial charge in [-0.05, 0) is 50.5 Å². The van der Waals surface area contributed by atoms with Gasteiger partial charge in [-0.25, -0.2) is 0 Å². The van der Waals surface area contributed by atoms with E-state index >= 15 is 0 Å². The highest BCUT2D eigenvalue weighted by molar-refractivity contribution is 5.61. The van der Waals surface area contributed by atoms with E-state index in [2.05, 4.69) is 49.6 Å². The molecule has 0 saturated heterocycles. The predicted octanol–water partition coefficient (Wildman–Crippen LogP) is 3.43. The SMILES string of the molecule is [C-]#[N+]C1=CN(c2cc(C)c(C)cc2C)[C@@H](C)N1C. The normalized spacial score (nSPS) is 18.9. The van der Waals surface area contributed by atoms with Crippen molar-refractivity contribution >= 4 is 5.69 Å². The van der Waals surface area contributed by atoms with Crippen LogP contribution < -0.4 is 4.90 Å². The molecule has 0 saturated carbocycles. The van der Waals surface area contributed by atoms with Gasteiger partial charge in [0.05, 0.1) is 7.05 Å². The van der Waals surface area contributed by atoms with Crippen LogP contribution in [0.4, 0.5) is 5.69 Å². The summed E-state index contributed by atoms with van der Waals surface area (Å²) in [5, 5.41) is 0. The van der Waals surface area contributed by atoms with E-state index < -0.39 is 0 Å². The summed E-state index contributed by atoms with van der Waals surface area (Å²) >= 11 is 0. The van der Waals surface area contributed by atoms with Crippen LogP contribution in [0.3, 0.4) is 0 Å². The van der Waals surface area contributed by atoms with E-state index in [0.29, 0.717) is 5.82 Å². The number of hydrogen-bond acceptors (Lipinski definition) is 2. The molecule has 0 amide bonds. The highest BCUT2D eigenvalue weighted by atomic mass is 15.4. The Kier molecular flexibility index (Phi) is 3.04. The van der Waals surface area contributed by atoms with E-state index in [1.165, 1.54) is 22.4 Å². The molecule has 3 heteroatoms. The predicted molar refractivity (Wildman–Crippen MR) is 75.0 cm³/mol. The van der Waals surface area contributed by atoms with Crippen LogP contribution in [0.25, 0.3) is 4.85 Å². The Morgan fingerprint density at radius 3 is 2.28 bits per heavy atom. The zero-order valence-electron chi connectivity index (χ0n) is 11.7. The number of anilines is 1. The largest absolute Gasteiger partial charge is 0.363 e. The van der Waals surface area contributed by atoms with E-state index in [1.54, 1.807) is 0 Å². The molecule has 3 nitrogen and oxygen atoms in total. The van der Waals surface area contributed by atoms with Crippen LogP contribution in [0.2, 0.25) is 0 Å². The first-order valence-corrected chi connectivity index (χ1v) is 6.14. The third kappa shape index (κ3) is 1.84. The third-order valence-corrected chi connectivity index (χ3v) is 3.78. The van der Waals surface area contributed by atoms with Crippen LogP contribution in [0.5, 0.6) is 0 Å². The molecule has 1 heterocycles. The first kappa shape index (κ1) is 12.5. The van der Waals surface area contributed by atoms with Gasteiger partial charge < -0.3 is 14.6 Å². The van der Waals surface area contributed by atoms with Crippen molar-refractivity contribution in [2.45, 2.75) is 33.9 Å². The number of aryl methyl sites for hydroxylation is 3. The summed E-state index contributed by atoms with van der Waals surface area (Å²) < 4.78 is 0. The summed E-state index contributed by atoms with van der Waals surface area (Å²) in [4.78, 5) is 7.74. The molecule has 0 unspecified atom stereocenters. The number of hydrogen-bond donors (Lipinski definition) is 0. The summed E-state index contributed by atoms with van der Waals surface area (Å²) in [6.07, 6.45) is 2.13. The lowest BCUT2D eigenvalue weighted by atomic mass is 10.0. The van der Waals surface area contributed by atoms with Gasteiger partial charge in [0, 0.05) is 11.9 Å². The van der Waals surface area contributed by atoms with Gasteiger partial charge in [0.2, 0.25) is 5.82 Å². The topological polar surface area (TPSA) is 10.8 Å². The summed E-state index contributed by atoms with van der Waals surface area (Å²) in [6, 6.07) is 4.42. The molecule has 1 aliphatic heterocycles. The molecule has 0 aliphatic carbocycles. The van der Waals surface area contributed by atoms with Crippen LogP contribution in [-0.2, 0) is 0 Å². The zero-order chi connectivity index (χ0) is 13.4. The van der Waals surface area contributed by atoms with Gasteiger partial charge in [0.25, 0.3) is 0 Å². The van der Waals surface area contributed by atoms with Crippen molar-refractivity contribution in [1.82, 2.24) is 4.90 Å². The molecule has 1 aromatic rings. The second-order valence-corrected chi connectivity index (χ2v) is 4.97. The highest BCUT2D eigenvalue weighted by Crippen LogP contribution is 2.31. The van der Waals surface area contributed by atoms with Crippen molar-refractivity contribution in [1.29, 1.82) is 0 Å². The van der Waals surface area contributed by atoms with Gasteiger partial charge in [-0.3, -0.25) is 0 Å². The lowest BCUT2D eigenvalue weighted by Gasteiger charge is -2.27. The summed E-state index contributed by atoms with van der Waals surface area (Å²) in [6.45, 7) is 15.7. The third-order valence-electron chi connectivity index (χ3n) is 3.78. The summed E-state index contributed by atoms with van der Waals surface area (Å²) in [5.74, 6) is 0.695. The summed E-state index contributed by atoms with van der Waals surface area (Å²) in [5.41, 5.74) is 5.04. The quantitative estimate of drug-likeness (QED) is 0.698. The molecule has 0 fully saturated rings. The van der Waals surface area contributed by atoms with Crippen LogP contribution in [-0.4, -0.2) is 18.1 Å². The minimum Gasteiger partial charge on any atom is -0.363 e. The van der Waals surface area contributed by atoms with E-state index in [4.69, 9.17) is 6.57 Å². The molecule has 0 aromatic heterocycles. The highest BCUT2D eigenvalue weighted by Gasteiger charge is 2.29. The van der Waals surface area contributed by atoms with Crippen molar-refractivity contribution in [2.75, 3.05) is 11.9 Å². The van der Waals surface area contributed by atoms with Crippen LogP contribution >= 0.6 is 0 Å². The van der Waals surface area contributed by atoms with Gasteiger partial charge in [0.15, 0.2) is 6.17 Å². The van der Waals surface area contributed by atoms with Gasteiger partial charge in [-0.15, -0.1) is 0 Å². The Hall–Kier alpha value is -1.95. The van der Waals surface area contributed by atoms with Crippen molar-refractivity contribution < 1.29 is 0 Å². The van der Waals surface area contributed by atoms with E-state index in [9.17, 15) is 0 Å². The van der Waals surface area contributed by atoms with E-state index in [0.717, 1.165) is 0 Å². The number of nitrogens with zero attached hydrogens (tertiary/aromatic N) is 3. The maximum absolute atomic E-state index is 7.19. The fourth-order valence-electron chi connectivity index (χ4n) is 2.30. The van der Waals surface area contributed by atoms with Gasteiger partial charge in [-0.1, -0.05) is 12.6 Å². The van der Waals surface area contributed by atoms with Crippen LogP contribution in [0.15, 0.2) is 24.2 Å². The van der Waals surface area contributed by atoms with E-state index in [-0.39, 0.29) is 6.17 Å². The standard InChI is InChI=1S/C15H19N3/c1-10-7-12(3)14(8-11(10)2)18-9-15(16-5)17(6)13(18)4/h7-9,13H,1-4,6H3/t13-/m0/s1. The average Bonchev–Trinajstić information content (AvgIpc) is 2.61. The zero-order valence-corrected chi connectivity index (χ0v) is 11.7. The minimum atomic E-state index is 0.190. The van der Waals surface area contributed by atoms with Gasteiger partial charge in [-0.2, -0.15) is 0 Å². The molecule has 18 heavy (non-hydrogen) atoms. The smallest absolute Gasteiger partial charge is 0.243 e. The second kappa shape index (κ2) is 4.38. The van der Waals surface area contributed by atoms with Crippen LogP contribution in [0, 0.1) is 27.3 Å². The fraction of sp³-hybridized carbons (Fsp3) is 0.400. The van der Waals surface area contributed by atoms with Crippen molar-refractivity contribution in [3.05, 3.63) is 52.3 Å². The minimum absolute atomic E-state index is 0.190. The maximum Gasteiger partial charge on any atom is 0.243 e. The molecule has 2 rings (SSSR count). The lowest BCUT2D eigenvalue weighted by Crippen LogP contribution is -2.34. The van der Waals surface area contributed by atoms with Crippen molar-refractivity contribution in [3.63, 3.8) is 0 Å². The van der Waals surface area contributed by atoms with Crippen molar-refractivity contribution in [2.24, 2.45) is 0 Å². The lowest BCUT2D eigenvalue weighted by molar-refractivity contribution is 0.365. The first-order chi connectivity index (χ1) is 8.45. The molecule has 1 aromatic carbocycles. The molecule has 0 spiro atoms. The van der Waals surface area contributed by atoms with Gasteiger partial charge in [0.1, 0.15) is 0 Å². The molecule has 94 valence electrons. The van der Waals surface area contributed by atoms with Gasteiger partial charge >= 0.3 is 0 Å². The Labute approximate surface area is 109 Å². The fourth-order valence-corrected chi connectivity index (χ4v) is 2.30. The molecule has 0 radical (unpaired) electrons. The monoisotopic (exact) mass is 241 g/mol.